The van der Waals surface area contributed by atoms with Crippen molar-refractivity contribution in [3.05, 3.63) is 58.7 Å². The van der Waals surface area contributed by atoms with E-state index in [1.165, 1.54) is 27.3 Å². The van der Waals surface area contributed by atoms with Crippen molar-refractivity contribution in [1.29, 1.82) is 0 Å². The van der Waals surface area contributed by atoms with Crippen LogP contribution in [0.5, 0.6) is 0 Å². The van der Waals surface area contributed by atoms with Gasteiger partial charge >= 0.3 is 0 Å². The summed E-state index contributed by atoms with van der Waals surface area (Å²) in [4.78, 5) is 0. The van der Waals surface area contributed by atoms with Crippen LogP contribution in [0, 0.1) is 13.8 Å². The number of rotatable bonds is 0. The molecule has 4 atom stereocenters. The van der Waals surface area contributed by atoms with Gasteiger partial charge in [0.25, 0.3) is 0 Å². The summed E-state index contributed by atoms with van der Waals surface area (Å²) in [5.74, 6) is 0. The number of aryl methyl sites for hydroxylation is 2. The SMILES string of the molecule is Cc1ccc(C)c2c1ccc1ccc3c(c12)[C@H]1O[C@H]1[C@@H](O)[C@@H]3O. The minimum atomic E-state index is -0.876. The van der Waals surface area contributed by atoms with Crippen LogP contribution in [0.2, 0.25) is 0 Å². The summed E-state index contributed by atoms with van der Waals surface area (Å²) in [5, 5.41) is 25.4. The Balaban J connectivity index is 1.99. The maximum atomic E-state index is 10.5. The summed E-state index contributed by atoms with van der Waals surface area (Å²) in [6.45, 7) is 4.25. The van der Waals surface area contributed by atoms with Crippen molar-refractivity contribution in [3.63, 3.8) is 0 Å². The number of aliphatic hydroxyl groups excluding tert-OH is 2. The van der Waals surface area contributed by atoms with Crippen LogP contribution in [-0.2, 0) is 4.74 Å². The monoisotopic (exact) mass is 306 g/mol. The van der Waals surface area contributed by atoms with Crippen LogP contribution in [0.25, 0.3) is 21.5 Å². The molecule has 0 unspecified atom stereocenters. The highest BCUT2D eigenvalue weighted by atomic mass is 16.6. The van der Waals surface area contributed by atoms with Gasteiger partial charge < -0.3 is 14.9 Å². The van der Waals surface area contributed by atoms with Gasteiger partial charge in [-0.15, -0.1) is 0 Å². The number of epoxide rings is 1. The van der Waals surface area contributed by atoms with Crippen molar-refractivity contribution in [1.82, 2.24) is 0 Å². The number of fused-ring (bicyclic) bond motifs is 7. The normalized spacial score (nSPS) is 28.7. The van der Waals surface area contributed by atoms with Crippen molar-refractivity contribution in [2.75, 3.05) is 0 Å². The Bertz CT molecular complexity index is 976. The molecule has 1 saturated heterocycles. The van der Waals surface area contributed by atoms with Crippen molar-refractivity contribution in [3.8, 4) is 0 Å². The Kier molecular flexibility index (Phi) is 2.54. The van der Waals surface area contributed by atoms with Crippen LogP contribution in [0.3, 0.4) is 0 Å². The van der Waals surface area contributed by atoms with E-state index in [1.807, 2.05) is 12.1 Å². The van der Waals surface area contributed by atoms with Gasteiger partial charge in [-0.05, 0) is 57.6 Å². The van der Waals surface area contributed by atoms with E-state index in [9.17, 15) is 10.2 Å². The molecule has 1 fully saturated rings. The number of hydrogen-bond acceptors (Lipinski definition) is 3. The molecule has 0 spiro atoms. The lowest BCUT2D eigenvalue weighted by Gasteiger charge is -2.25. The van der Waals surface area contributed by atoms with Crippen LogP contribution in [-0.4, -0.2) is 22.4 Å². The van der Waals surface area contributed by atoms with E-state index in [-0.39, 0.29) is 12.2 Å². The minimum Gasteiger partial charge on any atom is -0.387 e. The molecule has 1 heterocycles. The molecule has 116 valence electrons. The Hall–Kier alpha value is -1.94. The quantitative estimate of drug-likeness (QED) is 0.494. The number of ether oxygens (including phenoxy) is 1. The van der Waals surface area contributed by atoms with Gasteiger partial charge in [0, 0.05) is 0 Å². The zero-order valence-corrected chi connectivity index (χ0v) is 13.1. The van der Waals surface area contributed by atoms with Crippen LogP contribution in [0.4, 0.5) is 0 Å². The van der Waals surface area contributed by atoms with Gasteiger partial charge in [0.05, 0.1) is 0 Å². The van der Waals surface area contributed by atoms with Gasteiger partial charge in [0.1, 0.15) is 24.4 Å². The largest absolute Gasteiger partial charge is 0.387 e. The molecule has 0 saturated carbocycles. The lowest BCUT2D eigenvalue weighted by atomic mass is 9.82. The van der Waals surface area contributed by atoms with Crippen LogP contribution in [0.15, 0.2) is 36.4 Å². The lowest BCUT2D eigenvalue weighted by Crippen LogP contribution is -2.29. The summed E-state index contributed by atoms with van der Waals surface area (Å²) in [6.07, 6.45) is -2.08. The molecule has 0 radical (unpaired) electrons. The molecular formula is C20H18O3. The average molecular weight is 306 g/mol. The number of benzene rings is 3. The third-order valence-electron chi connectivity index (χ3n) is 5.45. The molecule has 3 heteroatoms. The van der Waals surface area contributed by atoms with Gasteiger partial charge in [0.15, 0.2) is 0 Å². The molecule has 2 aliphatic rings. The molecule has 1 aliphatic heterocycles. The zero-order valence-electron chi connectivity index (χ0n) is 13.1. The van der Waals surface area contributed by atoms with Crippen LogP contribution >= 0.6 is 0 Å². The summed E-state index contributed by atoms with van der Waals surface area (Å²) < 4.78 is 5.70. The maximum Gasteiger partial charge on any atom is 0.118 e. The van der Waals surface area contributed by atoms with E-state index in [0.717, 1.165) is 16.5 Å². The van der Waals surface area contributed by atoms with E-state index in [4.69, 9.17) is 4.74 Å². The summed E-state index contributed by atoms with van der Waals surface area (Å²) in [5.41, 5.74) is 4.33. The van der Waals surface area contributed by atoms with E-state index in [1.54, 1.807) is 0 Å². The van der Waals surface area contributed by atoms with Crippen molar-refractivity contribution < 1.29 is 14.9 Å². The standard InChI is InChI=1S/C20H18O3/c1-9-3-4-10(2)14-12(9)7-5-11-6-8-13-16(15(11)14)19-20(23-19)18(22)17(13)21/h3-8,17-22H,1-2H3/t17-,18+,19-,20+/m1/s1. The fourth-order valence-electron chi connectivity index (χ4n) is 4.17. The molecule has 3 nitrogen and oxygen atoms in total. The Morgan fingerprint density at radius 1 is 0.870 bits per heavy atom. The Morgan fingerprint density at radius 2 is 1.61 bits per heavy atom. The lowest BCUT2D eigenvalue weighted by molar-refractivity contribution is 0.000109. The first-order valence-electron chi connectivity index (χ1n) is 8.05. The van der Waals surface area contributed by atoms with Crippen LogP contribution in [0.1, 0.15) is 34.5 Å². The highest BCUT2D eigenvalue weighted by Crippen LogP contribution is 2.54. The third kappa shape index (κ3) is 1.65. The molecule has 2 N–H and O–H groups in total. The second-order valence-corrected chi connectivity index (χ2v) is 6.81. The first-order valence-corrected chi connectivity index (χ1v) is 8.05. The van der Waals surface area contributed by atoms with Crippen molar-refractivity contribution >= 4 is 21.5 Å². The first kappa shape index (κ1) is 13.5. The van der Waals surface area contributed by atoms with Crippen molar-refractivity contribution in [2.45, 2.75) is 38.3 Å². The molecule has 0 bridgehead atoms. The van der Waals surface area contributed by atoms with Gasteiger partial charge in [-0.3, -0.25) is 0 Å². The highest BCUT2D eigenvalue weighted by molar-refractivity contribution is 6.12. The minimum absolute atomic E-state index is 0.0994. The van der Waals surface area contributed by atoms with E-state index >= 15 is 0 Å². The fourth-order valence-corrected chi connectivity index (χ4v) is 4.17. The van der Waals surface area contributed by atoms with Crippen molar-refractivity contribution in [2.24, 2.45) is 0 Å². The topological polar surface area (TPSA) is 53.0 Å². The summed E-state index contributed by atoms with van der Waals surface area (Å²) in [7, 11) is 0. The molecule has 23 heavy (non-hydrogen) atoms. The number of hydrogen-bond donors (Lipinski definition) is 2. The predicted octanol–water partition coefficient (Wildman–Crippen LogP) is 3.46. The van der Waals surface area contributed by atoms with Gasteiger partial charge in [-0.2, -0.15) is 0 Å². The third-order valence-corrected chi connectivity index (χ3v) is 5.45. The van der Waals surface area contributed by atoms with Gasteiger partial charge in [0.2, 0.25) is 0 Å². The highest BCUT2D eigenvalue weighted by Gasteiger charge is 2.54. The average Bonchev–Trinajstić information content (AvgIpc) is 3.35. The van der Waals surface area contributed by atoms with Gasteiger partial charge in [-0.1, -0.05) is 36.4 Å². The molecule has 5 rings (SSSR count). The second kappa shape index (κ2) is 4.32. The molecule has 3 aromatic carbocycles. The molecule has 1 aliphatic carbocycles. The Labute approximate surface area is 134 Å². The smallest absolute Gasteiger partial charge is 0.118 e. The fraction of sp³-hybridized carbons (Fsp3) is 0.300. The summed E-state index contributed by atoms with van der Waals surface area (Å²) in [6, 6.07) is 12.6. The van der Waals surface area contributed by atoms with Gasteiger partial charge in [-0.25, -0.2) is 0 Å². The van der Waals surface area contributed by atoms with E-state index in [0.29, 0.717) is 0 Å². The molecule has 0 amide bonds. The second-order valence-electron chi connectivity index (χ2n) is 6.81. The molecule has 3 aromatic rings. The van der Waals surface area contributed by atoms with E-state index < -0.39 is 12.2 Å². The first-order chi connectivity index (χ1) is 11.1. The molecule has 0 aromatic heterocycles. The van der Waals surface area contributed by atoms with E-state index in [2.05, 4.69) is 38.1 Å². The molecular weight excluding hydrogens is 288 g/mol. The van der Waals surface area contributed by atoms with Crippen LogP contribution < -0.4 is 0 Å². The Morgan fingerprint density at radius 3 is 2.43 bits per heavy atom. The number of aliphatic hydroxyl groups is 2. The maximum absolute atomic E-state index is 10.5. The zero-order chi connectivity index (χ0) is 15.9. The predicted molar refractivity (Wildman–Crippen MR) is 89.5 cm³/mol. The summed E-state index contributed by atoms with van der Waals surface area (Å²) >= 11 is 0.